The van der Waals surface area contributed by atoms with Crippen LogP contribution in [0.4, 0.5) is 17.1 Å². The van der Waals surface area contributed by atoms with Crippen LogP contribution in [0.1, 0.15) is 0 Å². The minimum absolute atomic E-state index is 0.0485. The molecular formula is C18H13ClN2O2S. The van der Waals surface area contributed by atoms with Crippen LogP contribution in [0.25, 0.3) is 0 Å². The molecule has 3 aromatic carbocycles. The Labute approximate surface area is 148 Å². The molecule has 1 N–H and O–H groups in total. The zero-order chi connectivity index (χ0) is 16.9. The summed E-state index contributed by atoms with van der Waals surface area (Å²) in [7, 11) is 0. The molecule has 6 heteroatoms. The summed E-state index contributed by atoms with van der Waals surface area (Å²) in [5.74, 6) is 0. The molecule has 120 valence electrons. The van der Waals surface area contributed by atoms with E-state index in [-0.39, 0.29) is 10.6 Å². The lowest BCUT2D eigenvalue weighted by atomic mass is 10.2. The average molecular weight is 357 g/mol. The van der Waals surface area contributed by atoms with Gasteiger partial charge in [0.2, 0.25) is 0 Å². The fourth-order valence-electron chi connectivity index (χ4n) is 2.15. The van der Waals surface area contributed by atoms with Crippen LogP contribution in [0, 0.1) is 10.1 Å². The van der Waals surface area contributed by atoms with Crippen LogP contribution in [0.3, 0.4) is 0 Å². The van der Waals surface area contributed by atoms with E-state index in [0.29, 0.717) is 10.7 Å². The highest BCUT2D eigenvalue weighted by molar-refractivity contribution is 7.99. The number of nitrogens with zero attached hydrogens (tertiary/aromatic N) is 1. The monoisotopic (exact) mass is 356 g/mol. The highest BCUT2D eigenvalue weighted by atomic mass is 35.5. The van der Waals surface area contributed by atoms with E-state index in [9.17, 15) is 10.1 Å². The van der Waals surface area contributed by atoms with E-state index in [1.54, 1.807) is 18.2 Å². The molecule has 0 fully saturated rings. The fraction of sp³-hybridized carbons (Fsp3) is 0. The van der Waals surface area contributed by atoms with Gasteiger partial charge >= 0.3 is 0 Å². The van der Waals surface area contributed by atoms with Gasteiger partial charge in [-0.05, 0) is 42.5 Å². The lowest BCUT2D eigenvalue weighted by Gasteiger charge is -2.09. The van der Waals surface area contributed by atoms with Gasteiger partial charge in [-0.25, -0.2) is 0 Å². The first-order chi connectivity index (χ1) is 11.6. The Morgan fingerprint density at radius 1 is 0.875 bits per heavy atom. The van der Waals surface area contributed by atoms with Crippen molar-refractivity contribution in [1.29, 1.82) is 0 Å². The number of anilines is 2. The highest BCUT2D eigenvalue weighted by Crippen LogP contribution is 2.34. The predicted octanol–water partition coefficient (Wildman–Crippen LogP) is 6.14. The van der Waals surface area contributed by atoms with Crippen molar-refractivity contribution in [2.24, 2.45) is 0 Å². The van der Waals surface area contributed by atoms with Gasteiger partial charge in [0.1, 0.15) is 0 Å². The molecule has 0 bridgehead atoms. The maximum absolute atomic E-state index is 11.2. The van der Waals surface area contributed by atoms with Crippen molar-refractivity contribution in [2.45, 2.75) is 9.79 Å². The van der Waals surface area contributed by atoms with Crippen molar-refractivity contribution in [3.63, 3.8) is 0 Å². The van der Waals surface area contributed by atoms with Gasteiger partial charge in [-0.15, -0.1) is 0 Å². The summed E-state index contributed by atoms with van der Waals surface area (Å²) in [4.78, 5) is 12.6. The third kappa shape index (κ3) is 4.28. The lowest BCUT2D eigenvalue weighted by molar-refractivity contribution is -0.385. The number of para-hydroxylation sites is 1. The Hall–Kier alpha value is -2.50. The number of benzene rings is 3. The molecule has 0 atom stereocenters. The predicted molar refractivity (Wildman–Crippen MR) is 98.4 cm³/mol. The molecule has 0 aliphatic heterocycles. The number of nitro groups is 1. The minimum Gasteiger partial charge on any atom is -0.355 e. The summed E-state index contributed by atoms with van der Waals surface area (Å²) in [6, 6.07) is 21.9. The second-order valence-corrected chi connectivity index (χ2v) is 6.60. The van der Waals surface area contributed by atoms with Gasteiger partial charge < -0.3 is 5.32 Å². The fourth-order valence-corrected chi connectivity index (χ4v) is 3.18. The molecule has 0 aromatic heterocycles. The molecule has 0 heterocycles. The molecule has 3 aromatic rings. The minimum atomic E-state index is -0.387. The molecular weight excluding hydrogens is 344 g/mol. The van der Waals surface area contributed by atoms with Gasteiger partial charge in [-0.2, -0.15) is 0 Å². The molecule has 0 aliphatic rings. The van der Waals surface area contributed by atoms with Gasteiger partial charge in [-0.1, -0.05) is 41.6 Å². The Morgan fingerprint density at radius 2 is 1.58 bits per heavy atom. The lowest BCUT2D eigenvalue weighted by Crippen LogP contribution is -1.94. The summed E-state index contributed by atoms with van der Waals surface area (Å²) in [5, 5.41) is 15.1. The van der Waals surface area contributed by atoms with Crippen LogP contribution < -0.4 is 5.32 Å². The summed E-state index contributed by atoms with van der Waals surface area (Å²) in [5.41, 5.74) is 1.60. The smallest absolute Gasteiger partial charge is 0.272 e. The van der Waals surface area contributed by atoms with Gasteiger partial charge in [0.05, 0.1) is 4.92 Å². The van der Waals surface area contributed by atoms with Crippen molar-refractivity contribution < 1.29 is 4.92 Å². The van der Waals surface area contributed by atoms with Crippen molar-refractivity contribution >= 4 is 40.4 Å². The van der Waals surface area contributed by atoms with Crippen LogP contribution in [0.15, 0.2) is 82.6 Å². The first-order valence-corrected chi connectivity index (χ1v) is 8.34. The normalized spacial score (nSPS) is 10.4. The standard InChI is InChI=1S/C18H13ClN2O2S/c19-13-6-8-17(9-7-13)24-18-11-15(10-16(12-18)21(22)23)20-14-4-2-1-3-5-14/h1-12,20H. The summed E-state index contributed by atoms with van der Waals surface area (Å²) >= 11 is 7.34. The number of hydrogen-bond acceptors (Lipinski definition) is 4. The summed E-state index contributed by atoms with van der Waals surface area (Å²) < 4.78 is 0. The zero-order valence-corrected chi connectivity index (χ0v) is 14.1. The van der Waals surface area contributed by atoms with Crippen LogP contribution in [0.5, 0.6) is 0 Å². The van der Waals surface area contributed by atoms with E-state index < -0.39 is 0 Å². The zero-order valence-electron chi connectivity index (χ0n) is 12.5. The second kappa shape index (κ2) is 7.38. The SMILES string of the molecule is O=[N+]([O-])c1cc(Nc2ccccc2)cc(Sc2ccc(Cl)cc2)c1. The van der Waals surface area contributed by atoms with Crippen molar-refractivity contribution in [3.05, 3.63) is 87.9 Å². The van der Waals surface area contributed by atoms with E-state index in [1.807, 2.05) is 48.5 Å². The molecule has 3 rings (SSSR count). The Balaban J connectivity index is 1.90. The molecule has 0 amide bonds. The number of hydrogen-bond donors (Lipinski definition) is 1. The Bertz CT molecular complexity index is 855. The molecule has 0 radical (unpaired) electrons. The molecule has 0 spiro atoms. The average Bonchev–Trinajstić information content (AvgIpc) is 2.58. The van der Waals surface area contributed by atoms with E-state index in [1.165, 1.54) is 17.8 Å². The van der Waals surface area contributed by atoms with Gasteiger partial charge in [0, 0.05) is 38.3 Å². The van der Waals surface area contributed by atoms with Gasteiger partial charge in [0.15, 0.2) is 0 Å². The Morgan fingerprint density at radius 3 is 2.25 bits per heavy atom. The van der Waals surface area contributed by atoms with E-state index in [0.717, 1.165) is 15.5 Å². The van der Waals surface area contributed by atoms with Crippen LogP contribution >= 0.6 is 23.4 Å². The van der Waals surface area contributed by atoms with Crippen LogP contribution in [0.2, 0.25) is 5.02 Å². The largest absolute Gasteiger partial charge is 0.355 e. The highest BCUT2D eigenvalue weighted by Gasteiger charge is 2.11. The molecule has 24 heavy (non-hydrogen) atoms. The number of nitro benzene ring substituents is 1. The van der Waals surface area contributed by atoms with Crippen molar-refractivity contribution in [2.75, 3.05) is 5.32 Å². The summed E-state index contributed by atoms with van der Waals surface area (Å²) in [6.45, 7) is 0. The first-order valence-electron chi connectivity index (χ1n) is 7.15. The van der Waals surface area contributed by atoms with Crippen LogP contribution in [-0.4, -0.2) is 4.92 Å². The number of halogens is 1. The van der Waals surface area contributed by atoms with E-state index in [2.05, 4.69) is 5.32 Å². The molecule has 0 saturated carbocycles. The van der Waals surface area contributed by atoms with E-state index in [4.69, 9.17) is 11.6 Å². The maximum atomic E-state index is 11.2. The summed E-state index contributed by atoms with van der Waals surface area (Å²) in [6.07, 6.45) is 0. The molecule has 0 unspecified atom stereocenters. The molecule has 0 aliphatic carbocycles. The molecule has 0 saturated heterocycles. The number of nitrogens with one attached hydrogen (secondary N) is 1. The van der Waals surface area contributed by atoms with Gasteiger partial charge in [-0.3, -0.25) is 10.1 Å². The van der Waals surface area contributed by atoms with Crippen LogP contribution in [-0.2, 0) is 0 Å². The quantitative estimate of drug-likeness (QED) is 0.440. The van der Waals surface area contributed by atoms with Crippen molar-refractivity contribution in [3.8, 4) is 0 Å². The third-order valence-electron chi connectivity index (χ3n) is 3.21. The first kappa shape index (κ1) is 16.4. The number of rotatable bonds is 5. The second-order valence-electron chi connectivity index (χ2n) is 5.02. The third-order valence-corrected chi connectivity index (χ3v) is 4.45. The maximum Gasteiger partial charge on any atom is 0.272 e. The molecule has 4 nitrogen and oxygen atoms in total. The topological polar surface area (TPSA) is 55.2 Å². The van der Waals surface area contributed by atoms with E-state index >= 15 is 0 Å². The van der Waals surface area contributed by atoms with Crippen molar-refractivity contribution in [1.82, 2.24) is 0 Å². The van der Waals surface area contributed by atoms with Gasteiger partial charge in [0.25, 0.3) is 5.69 Å². The number of non-ortho nitro benzene ring substituents is 1. The Kier molecular flexibility index (Phi) is 5.03.